The molecule has 1 amide bonds. The number of nitrogens with zero attached hydrogens (tertiary/aromatic N) is 1. The summed E-state index contributed by atoms with van der Waals surface area (Å²) in [6, 6.07) is 9.63. The van der Waals surface area contributed by atoms with Gasteiger partial charge in [0.25, 0.3) is 5.91 Å². The molecule has 1 atom stereocenters. The molecule has 1 aliphatic rings. The third kappa shape index (κ3) is 4.11. The number of rotatable bonds is 5. The van der Waals surface area contributed by atoms with E-state index in [0.717, 1.165) is 23.3 Å². The molecule has 1 aliphatic heterocycles. The van der Waals surface area contributed by atoms with Gasteiger partial charge in [-0.15, -0.1) is 0 Å². The topological polar surface area (TPSA) is 48.0 Å². The van der Waals surface area contributed by atoms with Crippen LogP contribution < -0.4 is 14.9 Å². The SMILES string of the molecule is Bc1cc(C)c(Oc2ccc(OC)c(C(=O)N(C)C3CCOC3)c2)c(C)c1. The van der Waals surface area contributed by atoms with Gasteiger partial charge >= 0.3 is 0 Å². The molecule has 0 saturated carbocycles. The normalized spacial score (nSPS) is 16.2. The summed E-state index contributed by atoms with van der Waals surface area (Å²) in [6.07, 6.45) is 0.850. The summed E-state index contributed by atoms with van der Waals surface area (Å²) in [6.45, 7) is 5.31. The Hall–Kier alpha value is -2.47. The van der Waals surface area contributed by atoms with Crippen LogP contribution in [0.15, 0.2) is 30.3 Å². The van der Waals surface area contributed by atoms with Gasteiger partial charge in [0.05, 0.1) is 25.3 Å². The van der Waals surface area contributed by atoms with E-state index in [1.165, 1.54) is 5.46 Å². The Bertz CT molecular complexity index is 823. The fraction of sp³-hybridized carbons (Fsp3) is 0.381. The summed E-state index contributed by atoms with van der Waals surface area (Å²) in [5.41, 5.74) is 3.82. The van der Waals surface area contributed by atoms with E-state index in [-0.39, 0.29) is 11.9 Å². The van der Waals surface area contributed by atoms with Crippen LogP contribution in [0.4, 0.5) is 0 Å². The molecule has 1 fully saturated rings. The molecule has 2 aromatic carbocycles. The van der Waals surface area contributed by atoms with Crippen molar-refractivity contribution in [2.45, 2.75) is 26.3 Å². The number of ether oxygens (including phenoxy) is 3. The van der Waals surface area contributed by atoms with Crippen molar-refractivity contribution >= 4 is 19.2 Å². The van der Waals surface area contributed by atoms with Crippen molar-refractivity contribution in [3.05, 3.63) is 47.0 Å². The van der Waals surface area contributed by atoms with E-state index >= 15 is 0 Å². The highest BCUT2D eigenvalue weighted by Gasteiger charge is 2.27. The van der Waals surface area contributed by atoms with E-state index in [1.807, 2.05) is 27.0 Å². The Morgan fingerprint density at radius 2 is 1.93 bits per heavy atom. The van der Waals surface area contributed by atoms with Crippen LogP contribution >= 0.6 is 0 Å². The van der Waals surface area contributed by atoms with Crippen molar-refractivity contribution in [2.24, 2.45) is 0 Å². The second kappa shape index (κ2) is 8.05. The Balaban J connectivity index is 1.90. The molecule has 0 aromatic heterocycles. The first-order chi connectivity index (χ1) is 12.9. The highest BCUT2D eigenvalue weighted by atomic mass is 16.5. The first-order valence-corrected chi connectivity index (χ1v) is 9.19. The standard InChI is InChI=1S/C21H26BNO4/c1-13-9-15(22)10-14(2)20(13)27-17-5-6-19(25-4)18(11-17)21(24)23(3)16-7-8-26-12-16/h5-6,9-11,16H,7-8,12,22H2,1-4H3. The molecule has 1 saturated heterocycles. The first kappa shape index (κ1) is 19.3. The number of aryl methyl sites for hydroxylation is 2. The largest absolute Gasteiger partial charge is 0.496 e. The Kier molecular flexibility index (Phi) is 5.75. The summed E-state index contributed by atoms with van der Waals surface area (Å²) in [5, 5.41) is 0. The van der Waals surface area contributed by atoms with Crippen LogP contribution in [0.2, 0.25) is 0 Å². The Morgan fingerprint density at radius 3 is 2.52 bits per heavy atom. The lowest BCUT2D eigenvalue weighted by Gasteiger charge is -2.24. The van der Waals surface area contributed by atoms with Crippen LogP contribution in [0.25, 0.3) is 0 Å². The Labute approximate surface area is 161 Å². The zero-order valence-corrected chi connectivity index (χ0v) is 16.7. The first-order valence-electron chi connectivity index (χ1n) is 9.19. The number of likely N-dealkylation sites (N-methyl/N-ethyl adjacent to an activating group) is 1. The number of hydrogen-bond donors (Lipinski definition) is 0. The minimum atomic E-state index is -0.0925. The predicted octanol–water partition coefficient (Wildman–Crippen LogP) is 2.22. The monoisotopic (exact) mass is 367 g/mol. The molecule has 0 N–H and O–H groups in total. The van der Waals surface area contributed by atoms with E-state index in [1.54, 1.807) is 24.1 Å². The third-order valence-corrected chi connectivity index (χ3v) is 5.00. The fourth-order valence-corrected chi connectivity index (χ4v) is 3.55. The van der Waals surface area contributed by atoms with E-state index in [9.17, 15) is 4.79 Å². The summed E-state index contributed by atoms with van der Waals surface area (Å²) in [5.74, 6) is 1.88. The molecule has 142 valence electrons. The predicted molar refractivity (Wildman–Crippen MR) is 108 cm³/mol. The molecule has 5 nitrogen and oxygen atoms in total. The van der Waals surface area contributed by atoms with Gasteiger partial charge in [-0.2, -0.15) is 0 Å². The van der Waals surface area contributed by atoms with Crippen LogP contribution in [-0.4, -0.2) is 52.1 Å². The molecule has 0 radical (unpaired) electrons. The maximum Gasteiger partial charge on any atom is 0.257 e. The van der Waals surface area contributed by atoms with Crippen LogP contribution in [0, 0.1) is 13.8 Å². The quantitative estimate of drug-likeness (QED) is 0.761. The van der Waals surface area contributed by atoms with Gasteiger partial charge in [-0.1, -0.05) is 17.6 Å². The number of amides is 1. The summed E-state index contributed by atoms with van der Waals surface area (Å²) in [4.78, 5) is 14.8. The van der Waals surface area contributed by atoms with E-state index < -0.39 is 0 Å². The van der Waals surface area contributed by atoms with Gasteiger partial charge in [-0.05, 0) is 49.6 Å². The van der Waals surface area contributed by atoms with Gasteiger partial charge in [-0.25, -0.2) is 0 Å². The van der Waals surface area contributed by atoms with Crippen LogP contribution in [-0.2, 0) is 4.74 Å². The third-order valence-electron chi connectivity index (χ3n) is 5.00. The van der Waals surface area contributed by atoms with Crippen molar-refractivity contribution < 1.29 is 19.0 Å². The molecule has 0 spiro atoms. The number of benzene rings is 2. The molecule has 0 bridgehead atoms. The lowest BCUT2D eigenvalue weighted by Crippen LogP contribution is -2.37. The second-order valence-corrected chi connectivity index (χ2v) is 7.13. The summed E-state index contributed by atoms with van der Waals surface area (Å²) in [7, 11) is 5.44. The molecular weight excluding hydrogens is 341 g/mol. The summed E-state index contributed by atoms with van der Waals surface area (Å²) >= 11 is 0. The van der Waals surface area contributed by atoms with Gasteiger partial charge in [0, 0.05) is 13.7 Å². The van der Waals surface area contributed by atoms with Crippen molar-refractivity contribution in [1.29, 1.82) is 0 Å². The average Bonchev–Trinajstić information content (AvgIpc) is 3.18. The van der Waals surface area contributed by atoms with Crippen molar-refractivity contribution in [2.75, 3.05) is 27.4 Å². The van der Waals surface area contributed by atoms with Crippen molar-refractivity contribution in [3.8, 4) is 17.2 Å². The lowest BCUT2D eigenvalue weighted by molar-refractivity contribution is 0.0707. The van der Waals surface area contributed by atoms with Gasteiger partial charge in [-0.3, -0.25) is 4.79 Å². The lowest BCUT2D eigenvalue weighted by atomic mass is 9.92. The van der Waals surface area contributed by atoms with Crippen LogP contribution in [0.5, 0.6) is 17.2 Å². The number of carbonyl (C=O) groups is 1. The fourth-order valence-electron chi connectivity index (χ4n) is 3.55. The van der Waals surface area contributed by atoms with Gasteiger partial charge in [0.15, 0.2) is 0 Å². The Morgan fingerprint density at radius 1 is 1.22 bits per heavy atom. The average molecular weight is 367 g/mol. The maximum absolute atomic E-state index is 13.0. The van der Waals surface area contributed by atoms with E-state index in [0.29, 0.717) is 30.3 Å². The van der Waals surface area contributed by atoms with E-state index in [2.05, 4.69) is 20.0 Å². The van der Waals surface area contributed by atoms with E-state index in [4.69, 9.17) is 14.2 Å². The maximum atomic E-state index is 13.0. The van der Waals surface area contributed by atoms with Crippen molar-refractivity contribution in [3.63, 3.8) is 0 Å². The number of hydrogen-bond acceptors (Lipinski definition) is 4. The summed E-state index contributed by atoms with van der Waals surface area (Å²) < 4.78 is 17.0. The van der Waals surface area contributed by atoms with Gasteiger partial charge in [0.1, 0.15) is 25.1 Å². The zero-order chi connectivity index (χ0) is 19.6. The number of methoxy groups -OCH3 is 1. The molecular formula is C21H26BNO4. The minimum absolute atomic E-state index is 0.0911. The van der Waals surface area contributed by atoms with Crippen LogP contribution in [0.1, 0.15) is 27.9 Å². The highest BCUT2D eigenvalue weighted by molar-refractivity contribution is 6.32. The molecule has 1 unspecified atom stereocenters. The molecule has 2 aromatic rings. The minimum Gasteiger partial charge on any atom is -0.496 e. The smallest absolute Gasteiger partial charge is 0.257 e. The molecule has 27 heavy (non-hydrogen) atoms. The molecule has 3 rings (SSSR count). The highest BCUT2D eigenvalue weighted by Crippen LogP contribution is 2.32. The molecule has 0 aliphatic carbocycles. The second-order valence-electron chi connectivity index (χ2n) is 7.13. The molecule has 1 heterocycles. The van der Waals surface area contributed by atoms with Crippen LogP contribution in [0.3, 0.4) is 0 Å². The van der Waals surface area contributed by atoms with Gasteiger partial charge < -0.3 is 19.1 Å². The molecule has 6 heteroatoms. The van der Waals surface area contributed by atoms with Gasteiger partial charge in [0.2, 0.25) is 0 Å². The number of carbonyl (C=O) groups excluding carboxylic acids is 1. The van der Waals surface area contributed by atoms with Crippen molar-refractivity contribution in [1.82, 2.24) is 4.90 Å². The zero-order valence-electron chi connectivity index (χ0n) is 16.7.